The zero-order valence-electron chi connectivity index (χ0n) is 11.1. The van der Waals surface area contributed by atoms with E-state index in [0.29, 0.717) is 13.1 Å². The van der Waals surface area contributed by atoms with Gasteiger partial charge in [0.25, 0.3) is 0 Å². The van der Waals surface area contributed by atoms with Crippen LogP contribution in [-0.2, 0) is 24.2 Å². The van der Waals surface area contributed by atoms with Crippen LogP contribution in [0.15, 0.2) is 18.2 Å². The minimum Gasteiger partial charge on any atom is -0.351 e. The lowest BCUT2D eigenvalue weighted by molar-refractivity contribution is -0.120. The van der Waals surface area contributed by atoms with E-state index in [1.165, 1.54) is 42.4 Å². The first kappa shape index (κ1) is 13.1. The van der Waals surface area contributed by atoms with E-state index in [2.05, 4.69) is 28.8 Å². The van der Waals surface area contributed by atoms with Crippen LogP contribution >= 0.6 is 0 Å². The zero-order valence-corrected chi connectivity index (χ0v) is 11.1. The molecule has 0 spiro atoms. The van der Waals surface area contributed by atoms with Crippen molar-refractivity contribution in [1.82, 2.24) is 10.6 Å². The normalized spacial score (nSPS) is 14.1. The number of likely N-dealkylation sites (N-methyl/N-ethyl adjacent to an activating group) is 1. The van der Waals surface area contributed by atoms with Crippen molar-refractivity contribution < 1.29 is 4.79 Å². The van der Waals surface area contributed by atoms with Gasteiger partial charge < -0.3 is 10.6 Å². The Hall–Kier alpha value is -1.35. The van der Waals surface area contributed by atoms with Gasteiger partial charge in [-0.25, -0.2) is 0 Å². The summed E-state index contributed by atoms with van der Waals surface area (Å²) in [6, 6.07) is 6.61. The number of carbonyl (C=O) groups is 1. The van der Waals surface area contributed by atoms with Crippen LogP contribution in [0.3, 0.4) is 0 Å². The molecule has 98 valence electrons. The van der Waals surface area contributed by atoms with Crippen molar-refractivity contribution in [3.8, 4) is 0 Å². The van der Waals surface area contributed by atoms with Crippen molar-refractivity contribution in [3.05, 3.63) is 34.9 Å². The Bertz CT molecular complexity index is 415. The van der Waals surface area contributed by atoms with Crippen LogP contribution in [0.1, 0.15) is 36.5 Å². The molecule has 1 aliphatic carbocycles. The summed E-state index contributed by atoms with van der Waals surface area (Å²) in [6.07, 6.45) is 5.01. The number of nitrogens with one attached hydrogen (secondary N) is 2. The van der Waals surface area contributed by atoms with E-state index in [4.69, 9.17) is 0 Å². The first-order chi connectivity index (χ1) is 8.79. The molecule has 18 heavy (non-hydrogen) atoms. The van der Waals surface area contributed by atoms with E-state index in [-0.39, 0.29) is 5.91 Å². The quantitative estimate of drug-likeness (QED) is 0.831. The molecule has 0 bridgehead atoms. The third-order valence-electron chi connectivity index (χ3n) is 3.44. The third-order valence-corrected chi connectivity index (χ3v) is 3.44. The molecule has 1 amide bonds. The summed E-state index contributed by atoms with van der Waals surface area (Å²) in [6.45, 7) is 3.86. The summed E-state index contributed by atoms with van der Waals surface area (Å²) in [5.74, 6) is 0.0644. The van der Waals surface area contributed by atoms with Gasteiger partial charge in [-0.05, 0) is 48.9 Å². The average molecular weight is 246 g/mol. The molecule has 1 aromatic rings. The van der Waals surface area contributed by atoms with E-state index in [1.54, 1.807) is 0 Å². The van der Waals surface area contributed by atoms with Crippen molar-refractivity contribution in [2.45, 2.75) is 39.2 Å². The Morgan fingerprint density at radius 3 is 2.78 bits per heavy atom. The molecule has 1 aromatic carbocycles. The minimum absolute atomic E-state index is 0.0644. The Kier molecular flexibility index (Phi) is 4.76. The second-order valence-electron chi connectivity index (χ2n) is 4.87. The van der Waals surface area contributed by atoms with Crippen LogP contribution in [0.25, 0.3) is 0 Å². The molecule has 0 saturated heterocycles. The number of amides is 1. The Labute approximate surface area is 109 Å². The number of hydrogen-bond donors (Lipinski definition) is 2. The van der Waals surface area contributed by atoms with Crippen LogP contribution in [-0.4, -0.2) is 19.0 Å². The molecule has 3 heteroatoms. The summed E-state index contributed by atoms with van der Waals surface area (Å²) in [4.78, 5) is 11.5. The van der Waals surface area contributed by atoms with Gasteiger partial charge in [-0.3, -0.25) is 4.79 Å². The Balaban J connectivity index is 1.88. The van der Waals surface area contributed by atoms with Crippen LogP contribution in [0.4, 0.5) is 0 Å². The van der Waals surface area contributed by atoms with Crippen molar-refractivity contribution in [2.75, 3.05) is 13.1 Å². The molecule has 0 unspecified atom stereocenters. The first-order valence-electron chi connectivity index (χ1n) is 6.87. The second kappa shape index (κ2) is 6.55. The lowest BCUT2D eigenvalue weighted by atomic mass is 9.90. The SMILES string of the molecule is CCNCC(=O)NCc1ccc2c(c1)CCCC2. The molecule has 0 radical (unpaired) electrons. The molecule has 0 heterocycles. The fourth-order valence-corrected chi connectivity index (χ4v) is 2.40. The van der Waals surface area contributed by atoms with Gasteiger partial charge >= 0.3 is 0 Å². The number of benzene rings is 1. The van der Waals surface area contributed by atoms with E-state index in [1.807, 2.05) is 6.92 Å². The largest absolute Gasteiger partial charge is 0.351 e. The summed E-state index contributed by atoms with van der Waals surface area (Å²) < 4.78 is 0. The fraction of sp³-hybridized carbons (Fsp3) is 0.533. The van der Waals surface area contributed by atoms with Gasteiger partial charge in [0.2, 0.25) is 5.91 Å². The molecule has 0 aromatic heterocycles. The van der Waals surface area contributed by atoms with Gasteiger partial charge in [0.05, 0.1) is 6.54 Å². The van der Waals surface area contributed by atoms with Crippen molar-refractivity contribution >= 4 is 5.91 Å². The zero-order chi connectivity index (χ0) is 12.8. The minimum atomic E-state index is 0.0644. The molecule has 1 aliphatic rings. The Morgan fingerprint density at radius 1 is 1.22 bits per heavy atom. The highest BCUT2D eigenvalue weighted by molar-refractivity contribution is 5.77. The van der Waals surface area contributed by atoms with Crippen molar-refractivity contribution in [3.63, 3.8) is 0 Å². The lowest BCUT2D eigenvalue weighted by Crippen LogP contribution is -2.33. The predicted octanol–water partition coefficient (Wildman–Crippen LogP) is 1.79. The summed E-state index contributed by atoms with van der Waals surface area (Å²) in [5.41, 5.74) is 4.17. The number of hydrogen-bond acceptors (Lipinski definition) is 2. The molecule has 0 aliphatic heterocycles. The predicted molar refractivity (Wildman–Crippen MR) is 73.5 cm³/mol. The van der Waals surface area contributed by atoms with Crippen molar-refractivity contribution in [2.24, 2.45) is 0 Å². The maximum absolute atomic E-state index is 11.5. The van der Waals surface area contributed by atoms with E-state index < -0.39 is 0 Å². The van der Waals surface area contributed by atoms with Gasteiger partial charge in [-0.15, -0.1) is 0 Å². The smallest absolute Gasteiger partial charge is 0.234 e. The van der Waals surface area contributed by atoms with Gasteiger partial charge in [0.1, 0.15) is 0 Å². The number of aryl methyl sites for hydroxylation is 2. The summed E-state index contributed by atoms with van der Waals surface area (Å²) >= 11 is 0. The van der Waals surface area contributed by atoms with Gasteiger partial charge in [0, 0.05) is 6.54 Å². The molecule has 3 nitrogen and oxygen atoms in total. The molecule has 0 saturated carbocycles. The molecule has 0 atom stereocenters. The lowest BCUT2D eigenvalue weighted by Gasteiger charge is -2.16. The summed E-state index contributed by atoms with van der Waals surface area (Å²) in [7, 11) is 0. The Morgan fingerprint density at radius 2 is 2.00 bits per heavy atom. The standard InChI is InChI=1S/C15H22N2O/c1-2-16-11-15(18)17-10-12-7-8-13-5-3-4-6-14(13)9-12/h7-9,16H,2-6,10-11H2,1H3,(H,17,18). The first-order valence-corrected chi connectivity index (χ1v) is 6.87. The maximum Gasteiger partial charge on any atom is 0.234 e. The average Bonchev–Trinajstić information content (AvgIpc) is 2.42. The molecular weight excluding hydrogens is 224 g/mol. The van der Waals surface area contributed by atoms with E-state index in [0.717, 1.165) is 6.54 Å². The van der Waals surface area contributed by atoms with Crippen LogP contribution in [0, 0.1) is 0 Å². The summed E-state index contributed by atoms with van der Waals surface area (Å²) in [5, 5.41) is 5.96. The molecule has 2 N–H and O–H groups in total. The highest BCUT2D eigenvalue weighted by Gasteiger charge is 2.09. The topological polar surface area (TPSA) is 41.1 Å². The highest BCUT2D eigenvalue weighted by Crippen LogP contribution is 2.22. The van der Waals surface area contributed by atoms with Crippen LogP contribution in [0.5, 0.6) is 0 Å². The number of rotatable bonds is 5. The van der Waals surface area contributed by atoms with Crippen molar-refractivity contribution in [1.29, 1.82) is 0 Å². The third kappa shape index (κ3) is 3.57. The molecular formula is C15H22N2O. The van der Waals surface area contributed by atoms with Gasteiger partial charge in [-0.2, -0.15) is 0 Å². The van der Waals surface area contributed by atoms with Gasteiger partial charge in [0.15, 0.2) is 0 Å². The monoisotopic (exact) mass is 246 g/mol. The van der Waals surface area contributed by atoms with Gasteiger partial charge in [-0.1, -0.05) is 25.1 Å². The second-order valence-corrected chi connectivity index (χ2v) is 4.87. The molecule has 2 rings (SSSR count). The van der Waals surface area contributed by atoms with Crippen LogP contribution in [0.2, 0.25) is 0 Å². The number of carbonyl (C=O) groups excluding carboxylic acids is 1. The van der Waals surface area contributed by atoms with E-state index in [9.17, 15) is 4.79 Å². The van der Waals surface area contributed by atoms with Crippen LogP contribution < -0.4 is 10.6 Å². The van der Waals surface area contributed by atoms with E-state index >= 15 is 0 Å². The highest BCUT2D eigenvalue weighted by atomic mass is 16.1. The maximum atomic E-state index is 11.5. The number of fused-ring (bicyclic) bond motifs is 1. The fourth-order valence-electron chi connectivity index (χ4n) is 2.40. The molecule has 0 fully saturated rings.